The fraction of sp³-hybridized carbons (Fsp3) is 0.352. The summed E-state index contributed by atoms with van der Waals surface area (Å²) in [6.07, 6.45) is 26.4. The quantitative estimate of drug-likeness (QED) is 0.0640. The molecule has 14 rings (SSSR count). The number of halogens is 6. The van der Waals surface area contributed by atoms with Gasteiger partial charge in [0.2, 0.25) is 23.5 Å². The van der Waals surface area contributed by atoms with Gasteiger partial charge in [0.1, 0.15) is 29.2 Å². The number of alkyl halides is 4. The summed E-state index contributed by atoms with van der Waals surface area (Å²) < 4.78 is 81.8. The zero-order valence-corrected chi connectivity index (χ0v) is 74.9. The third kappa shape index (κ3) is 28.0. The van der Waals surface area contributed by atoms with E-state index in [4.69, 9.17) is 45.5 Å². The maximum atomic E-state index is 13.0. The molecule has 0 bridgehead atoms. The van der Waals surface area contributed by atoms with Gasteiger partial charge in [-0.2, -0.15) is 51.3 Å². The van der Waals surface area contributed by atoms with Gasteiger partial charge in [-0.25, -0.2) is 71.8 Å². The van der Waals surface area contributed by atoms with Crippen LogP contribution in [0.5, 0.6) is 23.3 Å². The van der Waals surface area contributed by atoms with Crippen LogP contribution >= 0.6 is 27.5 Å². The summed E-state index contributed by atoms with van der Waals surface area (Å²) in [6.45, 7) is 34.8. The average Bonchev–Trinajstić information content (AvgIpc) is 1.80. The van der Waals surface area contributed by atoms with Crippen molar-refractivity contribution < 1.29 is 40.9 Å². The number of ether oxygens (including phenoxy) is 4. The molecule has 0 N–H and O–H groups in total. The van der Waals surface area contributed by atoms with Gasteiger partial charge in [-0.15, -0.1) is 14.4 Å². The molecule has 0 atom stereocenters. The molecule has 29 nitrogen and oxygen atoms in total. The normalized spacial score (nSPS) is 10.8. The van der Waals surface area contributed by atoms with Gasteiger partial charge in [0, 0.05) is 74.4 Å². The van der Waals surface area contributed by atoms with Crippen molar-refractivity contribution in [3.63, 3.8) is 0 Å². The molecule has 0 saturated carbocycles. The Morgan fingerprint density at radius 1 is 0.366 bits per heavy atom. The molecule has 0 amide bonds. The Morgan fingerprint density at radius 3 is 1.10 bits per heavy atom. The molecule has 14 aromatic heterocycles. The van der Waals surface area contributed by atoms with Gasteiger partial charge in [-0.05, 0) is 175 Å². The zero-order valence-electron chi connectivity index (χ0n) is 72.6. The summed E-state index contributed by atoms with van der Waals surface area (Å²) in [4.78, 5) is 41.5. The van der Waals surface area contributed by atoms with Crippen LogP contribution < -0.4 is 18.9 Å². The third-order valence-electron chi connectivity index (χ3n) is 18.0. The Morgan fingerprint density at radius 2 is 0.707 bits per heavy atom. The van der Waals surface area contributed by atoms with E-state index in [1.165, 1.54) is 57.7 Å². The van der Waals surface area contributed by atoms with Gasteiger partial charge in [0.25, 0.3) is 12.9 Å². The van der Waals surface area contributed by atoms with Crippen LogP contribution in [0.4, 0.5) is 17.6 Å². The Kier molecular flexibility index (Phi) is 37.7. The van der Waals surface area contributed by atoms with Crippen LogP contribution in [0.25, 0.3) is 40.7 Å². The second-order valence-corrected chi connectivity index (χ2v) is 30.7. The van der Waals surface area contributed by atoms with Crippen molar-refractivity contribution in [1.29, 1.82) is 10.5 Å². The number of nitrogens with zero attached hydrogens (tertiary/aromatic N) is 24. The van der Waals surface area contributed by atoms with E-state index in [1.54, 1.807) is 100 Å². The summed E-state index contributed by atoms with van der Waals surface area (Å²) in [5.41, 5.74) is 9.63. The molecule has 0 aliphatic heterocycles. The number of rotatable bonds is 20. The van der Waals surface area contributed by atoms with Gasteiger partial charge >= 0.3 is 0 Å². The molecule has 0 saturated heterocycles. The lowest BCUT2D eigenvalue weighted by Gasteiger charge is -2.11. The first-order chi connectivity index (χ1) is 58.8. The van der Waals surface area contributed by atoms with Crippen LogP contribution in [-0.4, -0.2) is 138 Å². The van der Waals surface area contributed by atoms with Crippen molar-refractivity contribution in [2.24, 2.45) is 0 Å². The Balaban J connectivity index is 0.000000194. The highest BCUT2D eigenvalue weighted by Gasteiger charge is 2.22. The predicted molar refractivity (Wildman–Crippen MR) is 464 cm³/mol. The number of methoxy groups -OCH3 is 4. The lowest BCUT2D eigenvalue weighted by molar-refractivity contribution is 0.150. The highest BCUT2D eigenvalue weighted by Crippen LogP contribution is 2.33. The summed E-state index contributed by atoms with van der Waals surface area (Å²) in [5.74, 6) is 8.56. The highest BCUT2D eigenvalue weighted by atomic mass is 79.9. The van der Waals surface area contributed by atoms with E-state index < -0.39 is 12.9 Å². The van der Waals surface area contributed by atoms with Crippen LogP contribution in [0.15, 0.2) is 187 Å². The zero-order chi connectivity index (χ0) is 90.1. The number of pyridine rings is 8. The molecule has 0 aliphatic rings. The highest BCUT2D eigenvalue weighted by molar-refractivity contribution is 9.10. The maximum Gasteiger partial charge on any atom is 0.267 e. The van der Waals surface area contributed by atoms with Gasteiger partial charge in [0.05, 0.1) is 98.0 Å². The molecule has 0 radical (unpaired) electrons. The smallest absolute Gasteiger partial charge is 0.267 e. The summed E-state index contributed by atoms with van der Waals surface area (Å²) >= 11 is 9.54. The van der Waals surface area contributed by atoms with Crippen LogP contribution in [0.2, 0.25) is 5.02 Å². The molecule has 14 heterocycles. The third-order valence-corrected chi connectivity index (χ3v) is 18.8. The molecule has 123 heavy (non-hydrogen) atoms. The SMILES string of the molecule is CC(C)c1cnc(-n2cccn2)c(C(F)F)c1.CC(C)c1cnc(-n2nccn2)c(C#N)c1.CC(C)c1cnc(-n2nccn2)c(C(F)F)c1.COc1cc(C(C)C)cnc1-n1cccn1.COc1cc(C(C)C)cnc1-n1nccn1.COc1ncc(C(C)C)cc1Br.COc1ncc(C(C)C)cc1C#N.Cc1cnc(-c2ncc(C(C)C)cc2Cl)o1. The van der Waals surface area contributed by atoms with Gasteiger partial charge in [-0.3, -0.25) is 0 Å². The van der Waals surface area contributed by atoms with Crippen LogP contribution in [0.3, 0.4) is 0 Å². The Hall–Kier alpha value is -13.1. The van der Waals surface area contributed by atoms with Crippen LogP contribution in [0.1, 0.15) is 243 Å². The van der Waals surface area contributed by atoms with Crippen LogP contribution in [-0.2, 0) is 0 Å². The van der Waals surface area contributed by atoms with E-state index >= 15 is 0 Å². The fourth-order valence-electron chi connectivity index (χ4n) is 10.6. The van der Waals surface area contributed by atoms with Crippen molar-refractivity contribution in [2.45, 2.75) is 178 Å². The molecule has 0 fully saturated rings. The first kappa shape index (κ1) is 97.0. The minimum atomic E-state index is -2.60. The molecule has 0 spiro atoms. The number of oxazole rings is 1. The minimum absolute atomic E-state index is 0.0781. The molecule has 0 aromatic carbocycles. The van der Waals surface area contributed by atoms with E-state index in [9.17, 15) is 17.6 Å². The number of aromatic nitrogens is 22. The van der Waals surface area contributed by atoms with E-state index in [0.29, 0.717) is 92.4 Å². The van der Waals surface area contributed by atoms with E-state index in [-0.39, 0.29) is 34.6 Å². The van der Waals surface area contributed by atoms with Crippen molar-refractivity contribution in [2.75, 3.05) is 28.4 Å². The number of aryl methyl sites for hydroxylation is 1. The molecule has 35 heteroatoms. The van der Waals surface area contributed by atoms with Gasteiger partial charge in [0.15, 0.2) is 34.8 Å². The summed E-state index contributed by atoms with van der Waals surface area (Å²) in [7, 11) is 6.39. The molecule has 14 aromatic rings. The van der Waals surface area contributed by atoms with Crippen molar-refractivity contribution >= 4 is 27.5 Å². The fourth-order valence-corrected chi connectivity index (χ4v) is 11.4. The van der Waals surface area contributed by atoms with Crippen molar-refractivity contribution in [1.82, 2.24) is 109 Å². The molecule has 0 aliphatic carbocycles. The Labute approximate surface area is 727 Å². The first-order valence-electron chi connectivity index (χ1n) is 39.1. The van der Waals surface area contributed by atoms with Crippen LogP contribution in [0, 0.1) is 29.6 Å². The predicted octanol–water partition coefficient (Wildman–Crippen LogP) is 20.8. The maximum absolute atomic E-state index is 13.0. The minimum Gasteiger partial charge on any atom is -0.493 e. The molecular weight excluding hydrogens is 1660 g/mol. The second kappa shape index (κ2) is 47.8. The largest absolute Gasteiger partial charge is 0.493 e. The Bertz CT molecular complexity index is 5440. The van der Waals surface area contributed by atoms with E-state index in [1.807, 2.05) is 108 Å². The summed E-state index contributed by atoms with van der Waals surface area (Å²) in [5, 5.41) is 50.1. The monoisotopic (exact) mass is 1760 g/mol. The molecular formula is C88H102BrClF4N24O5. The lowest BCUT2D eigenvalue weighted by Crippen LogP contribution is -2.07. The lowest BCUT2D eigenvalue weighted by atomic mass is 10.0. The van der Waals surface area contributed by atoms with Crippen molar-refractivity contribution in [3.05, 3.63) is 260 Å². The van der Waals surface area contributed by atoms with E-state index in [2.05, 4.69) is 197 Å². The molecule has 646 valence electrons. The molecule has 0 unspecified atom stereocenters. The van der Waals surface area contributed by atoms with Gasteiger partial charge < -0.3 is 23.4 Å². The summed E-state index contributed by atoms with van der Waals surface area (Å²) in [6, 6.07) is 22.2. The topological polar surface area (TPSA) is 341 Å². The standard InChI is InChI=1S/C12H13ClN2O.C12H13F2N3.C12H15N3O.C11H12F2N4.C11H11N5.C11H14N4O.C10H12N2O.C9H12BrNO/c1-7(2)9-4-10(13)11(14-6-9)12-15-5-8(3)16-12;1-8(2)9-6-10(11(13)14)12(15-7-9)17-5-3-4-16-17;1-9(2)10-7-11(16-3)12(13-8-10)15-6-4-5-14-15;1-7(2)8-5-9(10(12)13)11(14-6-8)17-15-3-4-16-17;1-8(2)10-5-9(6-12)11(13-7-10)16-14-3-4-15-16;1-8(2)9-6-10(16-3)11(12-7-9)15-13-4-5-14-15;1-7(2)9-4-8(5-11)10(13-3)12-6-9;1-6(2)7-4-8(10)9(12-3)11-5-7/h4-7H,1-3H3;3-8,11H,1-2H3;4-9H,1-3H3;3-7,10H,1-2H3;3-5,7-8H,1-2H3;4-8H,1-3H3;4,6-7H,1-3H3;4-6H,1-3H3. The number of hydrogen-bond acceptors (Lipinski definition) is 24. The van der Waals surface area contributed by atoms with Crippen molar-refractivity contribution in [3.8, 4) is 76.1 Å². The number of nitriles is 2. The second-order valence-electron chi connectivity index (χ2n) is 29.5. The van der Waals surface area contributed by atoms with E-state index in [0.717, 1.165) is 65.5 Å². The number of hydrogen-bond donors (Lipinski definition) is 0. The average molecular weight is 1770 g/mol. The first-order valence-corrected chi connectivity index (χ1v) is 40.3. The van der Waals surface area contributed by atoms with Gasteiger partial charge in [-0.1, -0.05) is 122 Å².